The summed E-state index contributed by atoms with van der Waals surface area (Å²) >= 11 is 1.69. The summed E-state index contributed by atoms with van der Waals surface area (Å²) in [6.45, 7) is 5.33. The summed E-state index contributed by atoms with van der Waals surface area (Å²) in [5.41, 5.74) is 1.12. The number of thioether (sulfide) groups is 1. The minimum absolute atomic E-state index is 0. The van der Waals surface area contributed by atoms with Crippen molar-refractivity contribution in [3.63, 3.8) is 0 Å². The zero-order valence-electron chi connectivity index (χ0n) is 14.7. The van der Waals surface area contributed by atoms with Gasteiger partial charge in [-0.1, -0.05) is 25.8 Å². The van der Waals surface area contributed by atoms with Crippen LogP contribution in [0.1, 0.15) is 43.5 Å². The van der Waals surface area contributed by atoms with E-state index in [2.05, 4.69) is 12.2 Å². The monoisotopic (exact) mass is 386 g/mol. The van der Waals surface area contributed by atoms with Gasteiger partial charge in [0.25, 0.3) is 0 Å². The van der Waals surface area contributed by atoms with Crippen LogP contribution in [0, 0.1) is 0 Å². The summed E-state index contributed by atoms with van der Waals surface area (Å²) in [5, 5.41) is 3.56. The van der Waals surface area contributed by atoms with Gasteiger partial charge in [-0.15, -0.1) is 24.2 Å². The lowest BCUT2D eigenvalue weighted by molar-refractivity contribution is -0.128. The first-order valence-corrected chi connectivity index (χ1v) is 9.86. The minimum atomic E-state index is 0. The van der Waals surface area contributed by atoms with Crippen LogP contribution in [-0.2, 0) is 4.79 Å². The number of ether oxygens (including phenoxy) is 2. The molecule has 0 spiro atoms. The van der Waals surface area contributed by atoms with Crippen molar-refractivity contribution in [2.24, 2.45) is 0 Å². The molecular weight excluding hydrogens is 360 g/mol. The van der Waals surface area contributed by atoms with Crippen molar-refractivity contribution in [3.05, 3.63) is 23.8 Å². The number of fused-ring (bicyclic) bond motifs is 1. The Labute approximate surface area is 160 Å². The van der Waals surface area contributed by atoms with E-state index < -0.39 is 0 Å². The van der Waals surface area contributed by atoms with Crippen molar-refractivity contribution in [1.82, 2.24) is 10.2 Å². The average Bonchev–Trinajstić information content (AvgIpc) is 3.20. The van der Waals surface area contributed by atoms with Crippen LogP contribution in [0.4, 0.5) is 0 Å². The molecule has 2 aliphatic rings. The predicted molar refractivity (Wildman–Crippen MR) is 104 cm³/mol. The third-order valence-corrected chi connectivity index (χ3v) is 5.62. The molecule has 0 aliphatic carbocycles. The number of hydrogen-bond donors (Lipinski definition) is 1. The van der Waals surface area contributed by atoms with Gasteiger partial charge >= 0.3 is 0 Å². The molecule has 1 saturated heterocycles. The van der Waals surface area contributed by atoms with E-state index in [1.165, 1.54) is 19.3 Å². The minimum Gasteiger partial charge on any atom is -0.454 e. The van der Waals surface area contributed by atoms with Gasteiger partial charge in [0, 0.05) is 6.54 Å². The summed E-state index contributed by atoms with van der Waals surface area (Å²) in [6, 6.07) is 5.99. The highest BCUT2D eigenvalue weighted by molar-refractivity contribution is 8.00. The molecule has 1 amide bonds. The van der Waals surface area contributed by atoms with E-state index in [9.17, 15) is 4.79 Å². The molecule has 1 atom stereocenters. The predicted octanol–water partition coefficient (Wildman–Crippen LogP) is 3.58. The Hall–Kier alpha value is -1.11. The molecule has 0 bridgehead atoms. The van der Waals surface area contributed by atoms with E-state index in [-0.39, 0.29) is 30.5 Å². The third-order valence-electron chi connectivity index (χ3n) is 4.36. The SMILES string of the molecule is CCCCCNCCCN1C(=O)CSC1c1ccc2c(c1)OCO2.Cl. The molecule has 1 unspecified atom stereocenters. The molecule has 7 heteroatoms. The quantitative estimate of drug-likeness (QED) is 0.657. The molecule has 0 radical (unpaired) electrons. The van der Waals surface area contributed by atoms with Crippen LogP contribution in [0.25, 0.3) is 0 Å². The van der Waals surface area contributed by atoms with Gasteiger partial charge in [0.1, 0.15) is 5.37 Å². The number of hydrogen-bond acceptors (Lipinski definition) is 5. The van der Waals surface area contributed by atoms with Gasteiger partial charge in [0.05, 0.1) is 5.75 Å². The summed E-state index contributed by atoms with van der Waals surface area (Å²) in [7, 11) is 0. The van der Waals surface area contributed by atoms with Crippen molar-refractivity contribution in [1.29, 1.82) is 0 Å². The van der Waals surface area contributed by atoms with E-state index in [0.717, 1.165) is 43.1 Å². The lowest BCUT2D eigenvalue weighted by atomic mass is 10.1. The molecule has 3 rings (SSSR count). The second-order valence-electron chi connectivity index (χ2n) is 6.17. The van der Waals surface area contributed by atoms with Crippen molar-refractivity contribution < 1.29 is 14.3 Å². The smallest absolute Gasteiger partial charge is 0.233 e. The Balaban J connectivity index is 0.00000225. The lowest BCUT2D eigenvalue weighted by Gasteiger charge is -2.24. The number of nitrogens with one attached hydrogen (secondary N) is 1. The summed E-state index contributed by atoms with van der Waals surface area (Å²) < 4.78 is 10.8. The van der Waals surface area contributed by atoms with Crippen LogP contribution in [0.5, 0.6) is 11.5 Å². The molecule has 1 N–H and O–H groups in total. The lowest BCUT2D eigenvalue weighted by Crippen LogP contribution is -2.31. The standard InChI is InChI=1S/C18H26N2O3S.ClH/c1-2-3-4-8-19-9-5-10-20-17(21)12-24-18(20)14-6-7-15-16(11-14)23-13-22-15;/h6-7,11,18-19H,2-5,8-10,12-13H2,1H3;1H. The van der Waals surface area contributed by atoms with Crippen LogP contribution in [-0.4, -0.2) is 43.0 Å². The summed E-state index contributed by atoms with van der Waals surface area (Å²) in [5.74, 6) is 2.36. The maximum absolute atomic E-state index is 12.2. The van der Waals surface area contributed by atoms with E-state index in [1.807, 2.05) is 23.1 Å². The first kappa shape index (κ1) is 20.2. The molecule has 2 aliphatic heterocycles. The molecular formula is C18H27ClN2O3S. The van der Waals surface area contributed by atoms with Gasteiger partial charge < -0.3 is 19.7 Å². The van der Waals surface area contributed by atoms with Gasteiger partial charge in [-0.05, 0) is 43.6 Å². The largest absolute Gasteiger partial charge is 0.454 e. The molecule has 140 valence electrons. The van der Waals surface area contributed by atoms with Gasteiger partial charge in [0.2, 0.25) is 12.7 Å². The average molecular weight is 387 g/mol. The second-order valence-corrected chi connectivity index (χ2v) is 7.24. The summed E-state index contributed by atoms with van der Waals surface area (Å²) in [6.07, 6.45) is 4.74. The zero-order valence-corrected chi connectivity index (χ0v) is 16.3. The van der Waals surface area contributed by atoms with E-state index in [0.29, 0.717) is 5.75 Å². The Morgan fingerprint density at radius 3 is 2.84 bits per heavy atom. The fourth-order valence-corrected chi connectivity index (χ4v) is 4.25. The third kappa shape index (κ3) is 5.19. The first-order chi connectivity index (χ1) is 11.8. The topological polar surface area (TPSA) is 50.8 Å². The van der Waals surface area contributed by atoms with Gasteiger partial charge in [0.15, 0.2) is 11.5 Å². The Bertz CT molecular complexity index is 573. The normalized spacial score (nSPS) is 18.5. The van der Waals surface area contributed by atoms with Crippen molar-refractivity contribution in [2.45, 2.75) is 38.0 Å². The Kier molecular flexibility index (Phi) is 8.19. The number of carbonyl (C=O) groups is 1. The molecule has 1 fully saturated rings. The Morgan fingerprint density at radius 2 is 2.00 bits per heavy atom. The second kappa shape index (κ2) is 10.1. The number of carbonyl (C=O) groups excluding carboxylic acids is 1. The van der Waals surface area contributed by atoms with E-state index >= 15 is 0 Å². The van der Waals surface area contributed by atoms with Crippen molar-refractivity contribution in [3.8, 4) is 11.5 Å². The van der Waals surface area contributed by atoms with Crippen LogP contribution in [0.15, 0.2) is 18.2 Å². The number of amides is 1. The molecule has 25 heavy (non-hydrogen) atoms. The van der Waals surface area contributed by atoms with Crippen LogP contribution in [0.2, 0.25) is 0 Å². The highest BCUT2D eigenvalue weighted by Gasteiger charge is 2.33. The molecule has 1 aromatic rings. The molecule has 1 aromatic carbocycles. The fraction of sp³-hybridized carbons (Fsp3) is 0.611. The number of nitrogens with zero attached hydrogens (tertiary/aromatic N) is 1. The molecule has 5 nitrogen and oxygen atoms in total. The van der Waals surface area contributed by atoms with Gasteiger partial charge in [-0.3, -0.25) is 4.79 Å². The maximum Gasteiger partial charge on any atom is 0.233 e. The number of halogens is 1. The highest BCUT2D eigenvalue weighted by atomic mass is 35.5. The number of unbranched alkanes of at least 4 members (excludes halogenated alkanes) is 2. The first-order valence-electron chi connectivity index (χ1n) is 8.81. The Morgan fingerprint density at radius 1 is 1.20 bits per heavy atom. The van der Waals surface area contributed by atoms with Crippen molar-refractivity contribution in [2.75, 3.05) is 32.2 Å². The zero-order chi connectivity index (χ0) is 16.8. The van der Waals surface area contributed by atoms with Crippen LogP contribution in [0.3, 0.4) is 0 Å². The molecule has 0 saturated carbocycles. The van der Waals surface area contributed by atoms with Crippen LogP contribution >= 0.6 is 24.2 Å². The van der Waals surface area contributed by atoms with Gasteiger partial charge in [-0.25, -0.2) is 0 Å². The maximum atomic E-state index is 12.2. The number of benzene rings is 1. The van der Waals surface area contributed by atoms with Crippen LogP contribution < -0.4 is 14.8 Å². The summed E-state index contributed by atoms with van der Waals surface area (Å²) in [4.78, 5) is 14.2. The van der Waals surface area contributed by atoms with E-state index in [4.69, 9.17) is 9.47 Å². The molecule has 2 heterocycles. The molecule has 0 aromatic heterocycles. The fourth-order valence-electron chi connectivity index (χ4n) is 3.04. The van der Waals surface area contributed by atoms with Gasteiger partial charge in [-0.2, -0.15) is 0 Å². The van der Waals surface area contributed by atoms with E-state index in [1.54, 1.807) is 11.8 Å². The van der Waals surface area contributed by atoms with Crippen molar-refractivity contribution >= 4 is 30.1 Å². The number of rotatable bonds is 9. The highest BCUT2D eigenvalue weighted by Crippen LogP contribution is 2.42.